The normalized spacial score (nSPS) is 13.7. The SMILES string of the molecule is CC(C)(C)OC(=O)CC[C@H](NC(=O)N[C@@H](CCCNCCCCCCN)C(=O)OC(C)(C)C)C(=O)OC(C)(C)C. The Morgan fingerprint density at radius 1 is 0.625 bits per heavy atom. The first-order valence-electron chi connectivity index (χ1n) is 14.5. The van der Waals surface area contributed by atoms with Crippen molar-refractivity contribution in [2.24, 2.45) is 5.73 Å². The Hall–Kier alpha value is -2.40. The summed E-state index contributed by atoms with van der Waals surface area (Å²) in [6, 6.07) is -2.77. The van der Waals surface area contributed by atoms with Crippen LogP contribution in [0.15, 0.2) is 0 Å². The fourth-order valence-electron chi connectivity index (χ4n) is 3.56. The van der Waals surface area contributed by atoms with E-state index < -0.39 is 52.8 Å². The summed E-state index contributed by atoms with van der Waals surface area (Å²) < 4.78 is 16.3. The van der Waals surface area contributed by atoms with Crippen molar-refractivity contribution in [1.82, 2.24) is 16.0 Å². The molecule has 11 nitrogen and oxygen atoms in total. The maximum absolute atomic E-state index is 13.0. The molecule has 0 heterocycles. The van der Waals surface area contributed by atoms with E-state index in [1.807, 2.05) is 0 Å². The van der Waals surface area contributed by atoms with Crippen LogP contribution in [-0.2, 0) is 28.6 Å². The smallest absolute Gasteiger partial charge is 0.329 e. The largest absolute Gasteiger partial charge is 0.460 e. The van der Waals surface area contributed by atoms with Crippen LogP contribution < -0.4 is 21.7 Å². The molecule has 2 amide bonds. The molecule has 0 fully saturated rings. The summed E-state index contributed by atoms with van der Waals surface area (Å²) in [6.45, 7) is 17.9. The standard InChI is InChI=1S/C29H56N4O7/c1-27(2,3)38-23(34)17-16-22(25(36)40-29(7,8)9)33-26(37)32-21(24(35)39-28(4,5)6)15-14-20-31-19-13-11-10-12-18-30/h21-22,31H,10-20,30H2,1-9H3,(H2,32,33,37)/t21-,22-/m0/s1. The van der Waals surface area contributed by atoms with E-state index in [2.05, 4.69) is 16.0 Å². The number of carbonyl (C=O) groups is 4. The monoisotopic (exact) mass is 572 g/mol. The summed E-state index contributed by atoms with van der Waals surface area (Å²) in [6.07, 6.45) is 5.14. The first-order valence-corrected chi connectivity index (χ1v) is 14.5. The van der Waals surface area contributed by atoms with Gasteiger partial charge in [-0.2, -0.15) is 0 Å². The molecule has 2 atom stereocenters. The molecule has 0 aliphatic heterocycles. The van der Waals surface area contributed by atoms with E-state index in [1.54, 1.807) is 62.3 Å². The van der Waals surface area contributed by atoms with E-state index in [1.165, 1.54) is 0 Å². The molecule has 0 aliphatic carbocycles. The van der Waals surface area contributed by atoms with Gasteiger partial charge in [0.25, 0.3) is 0 Å². The van der Waals surface area contributed by atoms with Crippen LogP contribution in [0, 0.1) is 0 Å². The average molecular weight is 573 g/mol. The number of carbonyl (C=O) groups excluding carboxylic acids is 4. The highest BCUT2D eigenvalue weighted by Gasteiger charge is 2.31. The third kappa shape index (κ3) is 21.4. The molecule has 0 rings (SSSR count). The number of unbranched alkanes of at least 4 members (excludes halogenated alkanes) is 3. The third-order valence-corrected chi connectivity index (χ3v) is 5.20. The summed E-state index contributed by atoms with van der Waals surface area (Å²) in [5.74, 6) is -1.75. The lowest BCUT2D eigenvalue weighted by atomic mass is 10.1. The zero-order valence-electron chi connectivity index (χ0n) is 26.4. The molecule has 0 radical (unpaired) electrons. The van der Waals surface area contributed by atoms with Gasteiger partial charge in [0.05, 0.1) is 0 Å². The second-order valence-electron chi connectivity index (χ2n) is 13.0. The quantitative estimate of drug-likeness (QED) is 0.116. The van der Waals surface area contributed by atoms with Crippen LogP contribution in [-0.4, -0.2) is 72.5 Å². The van der Waals surface area contributed by atoms with Gasteiger partial charge in [0.2, 0.25) is 0 Å². The first kappa shape index (κ1) is 37.6. The molecule has 0 aromatic heterocycles. The van der Waals surface area contributed by atoms with E-state index >= 15 is 0 Å². The highest BCUT2D eigenvalue weighted by Crippen LogP contribution is 2.14. The van der Waals surface area contributed by atoms with Crippen LogP contribution in [0.1, 0.15) is 114 Å². The fraction of sp³-hybridized carbons (Fsp3) is 0.862. The number of esters is 3. The van der Waals surface area contributed by atoms with Crippen LogP contribution in [0.3, 0.4) is 0 Å². The predicted octanol–water partition coefficient (Wildman–Crippen LogP) is 3.72. The van der Waals surface area contributed by atoms with E-state index in [4.69, 9.17) is 19.9 Å². The molecular weight excluding hydrogens is 516 g/mol. The number of hydrogen-bond acceptors (Lipinski definition) is 9. The van der Waals surface area contributed by atoms with E-state index in [0.29, 0.717) is 25.9 Å². The summed E-state index contributed by atoms with van der Waals surface area (Å²) >= 11 is 0. The van der Waals surface area contributed by atoms with Crippen LogP contribution in [0.25, 0.3) is 0 Å². The van der Waals surface area contributed by atoms with Crippen molar-refractivity contribution in [3.05, 3.63) is 0 Å². The van der Waals surface area contributed by atoms with Crippen molar-refractivity contribution >= 4 is 23.9 Å². The minimum atomic E-state index is -1.12. The van der Waals surface area contributed by atoms with Gasteiger partial charge in [-0.05, 0) is 114 Å². The maximum Gasteiger partial charge on any atom is 0.329 e. The number of urea groups is 1. The van der Waals surface area contributed by atoms with Crippen molar-refractivity contribution in [2.45, 2.75) is 143 Å². The molecule has 0 aromatic carbocycles. The second-order valence-corrected chi connectivity index (χ2v) is 13.0. The number of rotatable bonds is 17. The van der Waals surface area contributed by atoms with Crippen LogP contribution in [0.4, 0.5) is 4.79 Å². The lowest BCUT2D eigenvalue weighted by Crippen LogP contribution is -2.53. The zero-order valence-corrected chi connectivity index (χ0v) is 26.4. The average Bonchev–Trinajstić information content (AvgIpc) is 2.76. The number of ether oxygens (including phenoxy) is 3. The van der Waals surface area contributed by atoms with E-state index in [-0.39, 0.29) is 12.8 Å². The summed E-state index contributed by atoms with van der Waals surface area (Å²) in [5.41, 5.74) is 3.31. The molecule has 234 valence electrons. The van der Waals surface area contributed by atoms with E-state index in [9.17, 15) is 19.2 Å². The summed E-state index contributed by atoms with van der Waals surface area (Å²) in [4.78, 5) is 50.9. The minimum Gasteiger partial charge on any atom is -0.460 e. The van der Waals surface area contributed by atoms with Crippen LogP contribution >= 0.6 is 0 Å². The number of hydrogen-bond donors (Lipinski definition) is 4. The minimum absolute atomic E-state index is 0.0243. The molecule has 0 aliphatic rings. The van der Waals surface area contributed by atoms with Crippen molar-refractivity contribution in [3.8, 4) is 0 Å². The topological polar surface area (TPSA) is 158 Å². The van der Waals surface area contributed by atoms with Gasteiger partial charge < -0.3 is 35.9 Å². The molecule has 0 spiro atoms. The summed E-state index contributed by atoms with van der Waals surface area (Å²) in [7, 11) is 0. The molecule has 5 N–H and O–H groups in total. The molecular formula is C29H56N4O7. The van der Waals surface area contributed by atoms with Crippen molar-refractivity contribution in [3.63, 3.8) is 0 Å². The maximum atomic E-state index is 13.0. The Bertz CT molecular complexity index is 783. The van der Waals surface area contributed by atoms with Crippen LogP contribution in [0.2, 0.25) is 0 Å². The first-order chi connectivity index (χ1) is 18.3. The molecule has 11 heteroatoms. The number of nitrogens with one attached hydrogen (secondary N) is 3. The number of nitrogens with two attached hydrogens (primary N) is 1. The second kappa shape index (κ2) is 18.1. The van der Waals surface area contributed by atoms with Crippen molar-refractivity contribution in [1.29, 1.82) is 0 Å². The molecule has 0 unspecified atom stereocenters. The van der Waals surface area contributed by atoms with E-state index in [0.717, 1.165) is 32.2 Å². The Kier molecular flexibility index (Phi) is 17.0. The fourth-order valence-corrected chi connectivity index (χ4v) is 3.56. The van der Waals surface area contributed by atoms with Gasteiger partial charge in [0.15, 0.2) is 0 Å². The third-order valence-electron chi connectivity index (χ3n) is 5.20. The summed E-state index contributed by atoms with van der Waals surface area (Å²) in [5, 5.41) is 8.58. The highest BCUT2D eigenvalue weighted by atomic mass is 16.6. The molecule has 0 saturated heterocycles. The predicted molar refractivity (Wildman–Crippen MR) is 156 cm³/mol. The Labute approximate surface area is 241 Å². The van der Waals surface area contributed by atoms with Crippen molar-refractivity contribution in [2.75, 3.05) is 19.6 Å². The molecule has 0 saturated carbocycles. The Morgan fingerprint density at radius 2 is 1.07 bits per heavy atom. The number of amides is 2. The molecule has 0 bridgehead atoms. The van der Waals surface area contributed by atoms with Gasteiger partial charge in [-0.15, -0.1) is 0 Å². The van der Waals surface area contributed by atoms with Gasteiger partial charge >= 0.3 is 23.9 Å². The van der Waals surface area contributed by atoms with Gasteiger partial charge in [0, 0.05) is 6.42 Å². The lowest BCUT2D eigenvalue weighted by Gasteiger charge is -2.27. The zero-order chi connectivity index (χ0) is 31.0. The van der Waals surface area contributed by atoms with Crippen LogP contribution in [0.5, 0.6) is 0 Å². The van der Waals surface area contributed by atoms with Gasteiger partial charge in [-0.25, -0.2) is 14.4 Å². The lowest BCUT2D eigenvalue weighted by molar-refractivity contribution is -0.159. The molecule has 40 heavy (non-hydrogen) atoms. The molecule has 0 aromatic rings. The Balaban J connectivity index is 5.23. The Morgan fingerprint density at radius 3 is 1.55 bits per heavy atom. The van der Waals surface area contributed by atoms with Gasteiger partial charge in [-0.1, -0.05) is 12.8 Å². The van der Waals surface area contributed by atoms with Gasteiger partial charge in [-0.3, -0.25) is 4.79 Å². The van der Waals surface area contributed by atoms with Gasteiger partial charge in [0.1, 0.15) is 28.9 Å². The highest BCUT2D eigenvalue weighted by molar-refractivity contribution is 5.87. The van der Waals surface area contributed by atoms with Crippen molar-refractivity contribution < 1.29 is 33.4 Å².